The third-order valence-electron chi connectivity index (χ3n) is 5.61. The Balaban J connectivity index is 2.01. The van der Waals surface area contributed by atoms with E-state index in [9.17, 15) is 0 Å². The Bertz CT molecular complexity index is 305. The molecule has 2 fully saturated rings. The summed E-state index contributed by atoms with van der Waals surface area (Å²) in [7, 11) is 0. The van der Waals surface area contributed by atoms with Gasteiger partial charge in [-0.05, 0) is 30.1 Å². The van der Waals surface area contributed by atoms with Crippen molar-refractivity contribution in [3.63, 3.8) is 0 Å². The molecule has 2 rings (SSSR count). The van der Waals surface area contributed by atoms with Crippen molar-refractivity contribution in [3.8, 4) is 0 Å². The molecule has 0 saturated carbocycles. The summed E-state index contributed by atoms with van der Waals surface area (Å²) in [6.07, 6.45) is 3.76. The van der Waals surface area contributed by atoms with Gasteiger partial charge in [-0.2, -0.15) is 0 Å². The number of hydrogen-bond acceptors (Lipinski definition) is 3. The smallest absolute Gasteiger partial charge is 0.0469 e. The van der Waals surface area contributed by atoms with E-state index in [1.54, 1.807) is 0 Å². The number of nitrogens with zero attached hydrogens (tertiary/aromatic N) is 1. The summed E-state index contributed by atoms with van der Waals surface area (Å²) < 4.78 is 5.53. The van der Waals surface area contributed by atoms with Crippen LogP contribution in [0.25, 0.3) is 0 Å². The number of nitrogens with one attached hydrogen (secondary N) is 1. The van der Waals surface area contributed by atoms with E-state index in [0.717, 1.165) is 31.6 Å². The maximum Gasteiger partial charge on any atom is 0.0469 e. The monoisotopic (exact) mass is 296 g/mol. The van der Waals surface area contributed by atoms with E-state index in [2.05, 4.69) is 44.8 Å². The quantitative estimate of drug-likeness (QED) is 0.862. The van der Waals surface area contributed by atoms with Crippen LogP contribution in [0.2, 0.25) is 0 Å². The lowest BCUT2D eigenvalue weighted by atomic mass is 9.81. The molecule has 124 valence electrons. The molecule has 0 spiro atoms. The van der Waals surface area contributed by atoms with E-state index in [1.807, 2.05) is 0 Å². The van der Waals surface area contributed by atoms with Gasteiger partial charge in [0.05, 0.1) is 0 Å². The summed E-state index contributed by atoms with van der Waals surface area (Å²) in [5, 5.41) is 3.83. The standard InChI is InChI=1S/C18H36N2O/c1-6-14(2)16-13-20(12-15-7-9-21-10-8-15)17(11-19-16)18(3,4)5/h14-17,19H,6-13H2,1-5H3. The van der Waals surface area contributed by atoms with Gasteiger partial charge in [-0.3, -0.25) is 4.90 Å². The van der Waals surface area contributed by atoms with E-state index in [1.165, 1.54) is 32.4 Å². The van der Waals surface area contributed by atoms with E-state index in [-0.39, 0.29) is 0 Å². The molecule has 1 N–H and O–H groups in total. The highest BCUT2D eigenvalue weighted by Crippen LogP contribution is 2.30. The van der Waals surface area contributed by atoms with Gasteiger partial charge in [0.15, 0.2) is 0 Å². The van der Waals surface area contributed by atoms with Gasteiger partial charge in [-0.25, -0.2) is 0 Å². The molecule has 0 aromatic carbocycles. The van der Waals surface area contributed by atoms with Crippen LogP contribution in [-0.4, -0.2) is 49.8 Å². The summed E-state index contributed by atoms with van der Waals surface area (Å²) in [5.41, 5.74) is 0.346. The average molecular weight is 296 g/mol. The zero-order valence-electron chi connectivity index (χ0n) is 14.8. The minimum absolute atomic E-state index is 0.346. The molecule has 21 heavy (non-hydrogen) atoms. The molecule has 3 nitrogen and oxygen atoms in total. The minimum Gasteiger partial charge on any atom is -0.381 e. The average Bonchev–Trinajstić information content (AvgIpc) is 2.46. The maximum atomic E-state index is 5.53. The summed E-state index contributed by atoms with van der Waals surface area (Å²) in [4.78, 5) is 2.79. The molecule has 2 aliphatic rings. The van der Waals surface area contributed by atoms with Gasteiger partial charge in [0.25, 0.3) is 0 Å². The lowest BCUT2D eigenvalue weighted by Crippen LogP contribution is -2.62. The second-order valence-electron chi connectivity index (χ2n) is 8.29. The Morgan fingerprint density at radius 3 is 2.48 bits per heavy atom. The summed E-state index contributed by atoms with van der Waals surface area (Å²) >= 11 is 0. The summed E-state index contributed by atoms with van der Waals surface area (Å²) in [6, 6.07) is 1.31. The first-order chi connectivity index (χ1) is 9.91. The number of hydrogen-bond donors (Lipinski definition) is 1. The van der Waals surface area contributed by atoms with Gasteiger partial charge >= 0.3 is 0 Å². The number of piperazine rings is 1. The van der Waals surface area contributed by atoms with Crippen molar-refractivity contribution in [2.75, 3.05) is 32.8 Å². The number of ether oxygens (including phenoxy) is 1. The van der Waals surface area contributed by atoms with Gasteiger partial charge in [-0.1, -0.05) is 41.0 Å². The highest BCUT2D eigenvalue weighted by atomic mass is 16.5. The van der Waals surface area contributed by atoms with Crippen LogP contribution < -0.4 is 5.32 Å². The van der Waals surface area contributed by atoms with E-state index in [4.69, 9.17) is 4.74 Å². The van der Waals surface area contributed by atoms with Gasteiger partial charge < -0.3 is 10.1 Å². The van der Waals surface area contributed by atoms with E-state index in [0.29, 0.717) is 17.5 Å². The zero-order valence-corrected chi connectivity index (χ0v) is 14.8. The Morgan fingerprint density at radius 1 is 1.24 bits per heavy atom. The first-order valence-electron chi connectivity index (χ1n) is 8.97. The van der Waals surface area contributed by atoms with Crippen LogP contribution in [0.15, 0.2) is 0 Å². The molecular formula is C18H36N2O. The van der Waals surface area contributed by atoms with Crippen molar-refractivity contribution in [3.05, 3.63) is 0 Å². The van der Waals surface area contributed by atoms with Crippen molar-refractivity contribution in [1.29, 1.82) is 0 Å². The zero-order chi connectivity index (χ0) is 15.5. The molecule has 0 aromatic rings. The third-order valence-corrected chi connectivity index (χ3v) is 5.61. The van der Waals surface area contributed by atoms with Crippen molar-refractivity contribution >= 4 is 0 Å². The normalized spacial score (nSPS) is 31.3. The maximum absolute atomic E-state index is 5.53. The molecule has 3 unspecified atom stereocenters. The second-order valence-corrected chi connectivity index (χ2v) is 8.29. The Morgan fingerprint density at radius 2 is 1.90 bits per heavy atom. The minimum atomic E-state index is 0.346. The summed E-state index contributed by atoms with van der Waals surface area (Å²) in [6.45, 7) is 17.4. The molecule has 0 aromatic heterocycles. The first-order valence-corrected chi connectivity index (χ1v) is 8.97. The van der Waals surface area contributed by atoms with Gasteiger partial charge in [0.1, 0.15) is 0 Å². The Kier molecular flexibility index (Phi) is 6.10. The highest BCUT2D eigenvalue weighted by molar-refractivity contribution is 4.94. The lowest BCUT2D eigenvalue weighted by Gasteiger charge is -2.49. The van der Waals surface area contributed by atoms with Gasteiger partial charge in [-0.15, -0.1) is 0 Å². The van der Waals surface area contributed by atoms with Crippen LogP contribution in [0.3, 0.4) is 0 Å². The first kappa shape index (κ1) is 17.2. The van der Waals surface area contributed by atoms with Gasteiger partial charge in [0.2, 0.25) is 0 Å². The molecule has 2 heterocycles. The SMILES string of the molecule is CCC(C)C1CN(CC2CCOCC2)C(C(C)(C)C)CN1. The predicted octanol–water partition coefficient (Wildman–Crippen LogP) is 3.15. The van der Waals surface area contributed by atoms with Crippen LogP contribution in [-0.2, 0) is 4.74 Å². The molecule has 3 heteroatoms. The van der Waals surface area contributed by atoms with Crippen LogP contribution >= 0.6 is 0 Å². The van der Waals surface area contributed by atoms with Crippen LogP contribution in [0, 0.1) is 17.3 Å². The van der Waals surface area contributed by atoms with Crippen LogP contribution in [0.4, 0.5) is 0 Å². The van der Waals surface area contributed by atoms with E-state index < -0.39 is 0 Å². The Labute approximate surface area is 131 Å². The topological polar surface area (TPSA) is 24.5 Å². The van der Waals surface area contributed by atoms with Crippen molar-refractivity contribution in [1.82, 2.24) is 10.2 Å². The predicted molar refractivity (Wildman–Crippen MR) is 89.6 cm³/mol. The highest BCUT2D eigenvalue weighted by Gasteiger charge is 2.37. The van der Waals surface area contributed by atoms with E-state index >= 15 is 0 Å². The Hall–Kier alpha value is -0.120. The largest absolute Gasteiger partial charge is 0.381 e. The fraction of sp³-hybridized carbons (Fsp3) is 1.00. The summed E-state index contributed by atoms with van der Waals surface area (Å²) in [5.74, 6) is 1.60. The molecule has 3 atom stereocenters. The van der Waals surface area contributed by atoms with Gasteiger partial charge in [0, 0.05) is 44.9 Å². The fourth-order valence-electron chi connectivity index (χ4n) is 3.82. The molecular weight excluding hydrogens is 260 g/mol. The number of rotatable bonds is 4. The molecule has 0 aliphatic carbocycles. The van der Waals surface area contributed by atoms with Crippen molar-refractivity contribution < 1.29 is 4.74 Å². The second kappa shape index (κ2) is 7.43. The molecule has 0 amide bonds. The van der Waals surface area contributed by atoms with Crippen molar-refractivity contribution in [2.45, 2.75) is 66.0 Å². The third kappa shape index (κ3) is 4.67. The van der Waals surface area contributed by atoms with Crippen LogP contribution in [0.5, 0.6) is 0 Å². The molecule has 2 saturated heterocycles. The lowest BCUT2D eigenvalue weighted by molar-refractivity contribution is 0.00485. The molecule has 2 aliphatic heterocycles. The van der Waals surface area contributed by atoms with Crippen molar-refractivity contribution in [2.24, 2.45) is 17.3 Å². The molecule has 0 bridgehead atoms. The van der Waals surface area contributed by atoms with Crippen LogP contribution in [0.1, 0.15) is 53.9 Å². The fourth-order valence-corrected chi connectivity index (χ4v) is 3.82. The molecule has 0 radical (unpaired) electrons.